The minimum absolute atomic E-state index is 0.0858. The van der Waals surface area contributed by atoms with Crippen molar-refractivity contribution in [1.82, 2.24) is 9.80 Å². The number of unbranched alkanes of at least 4 members (excludes halogenated alkanes) is 1. The Labute approximate surface area is 196 Å². The number of carboxylic acid groups (broad SMARTS) is 1. The number of ether oxygens (including phenoxy) is 2. The number of hydrogen-bond donors (Lipinski definition) is 2. The summed E-state index contributed by atoms with van der Waals surface area (Å²) in [5, 5.41) is 7.12. The molecule has 0 unspecified atom stereocenters. The molecule has 0 aliphatic carbocycles. The lowest BCUT2D eigenvalue weighted by Gasteiger charge is -2.35. The van der Waals surface area contributed by atoms with Crippen molar-refractivity contribution in [3.05, 3.63) is 35.9 Å². The van der Waals surface area contributed by atoms with E-state index in [9.17, 15) is 22.8 Å². The van der Waals surface area contributed by atoms with E-state index in [1.54, 1.807) is 9.80 Å². The molecule has 0 radical (unpaired) electrons. The zero-order chi connectivity index (χ0) is 25.6. The van der Waals surface area contributed by atoms with Gasteiger partial charge in [0.05, 0.1) is 19.3 Å². The average Bonchev–Trinajstić information content (AvgIpc) is 2.82. The van der Waals surface area contributed by atoms with Crippen LogP contribution in [0.15, 0.2) is 30.3 Å². The van der Waals surface area contributed by atoms with Crippen LogP contribution >= 0.6 is 0 Å². The molecule has 1 heterocycles. The smallest absolute Gasteiger partial charge is 0.475 e. The van der Waals surface area contributed by atoms with Crippen molar-refractivity contribution in [1.29, 1.82) is 0 Å². The molecule has 2 rings (SSSR count). The summed E-state index contributed by atoms with van der Waals surface area (Å²) in [7, 11) is 0. The Kier molecular flexibility index (Phi) is 13.0. The zero-order valence-electron chi connectivity index (χ0n) is 19.1. The molecule has 1 aromatic rings. The Morgan fingerprint density at radius 2 is 1.62 bits per heavy atom. The van der Waals surface area contributed by atoms with Crippen LogP contribution < -0.4 is 5.73 Å². The number of nitrogens with two attached hydrogens (primary N) is 1. The van der Waals surface area contributed by atoms with Gasteiger partial charge in [0.1, 0.15) is 0 Å². The predicted molar refractivity (Wildman–Crippen MR) is 117 cm³/mol. The van der Waals surface area contributed by atoms with Gasteiger partial charge in [-0.25, -0.2) is 9.59 Å². The highest BCUT2D eigenvalue weighted by Crippen LogP contribution is 2.13. The number of carboxylic acids is 1. The van der Waals surface area contributed by atoms with Gasteiger partial charge in [0.2, 0.25) is 5.91 Å². The molecular formula is C22H32F3N3O6. The van der Waals surface area contributed by atoms with Gasteiger partial charge in [-0.05, 0) is 18.4 Å². The summed E-state index contributed by atoms with van der Waals surface area (Å²) < 4.78 is 42.5. The molecule has 192 valence electrons. The standard InChI is InChI=1S/C20H31N3O4.C2HF3O2/c1-2-3-14-27-20(25)23-12-10-22(11-13-23)19(24)18(21)9-15-26-16-17-7-5-4-6-8-17;3-2(4,5)1(6)7/h4-8,18H,2-3,9-16,21H2,1H3;(H,6,7)/t18-;/m0./s1. The molecule has 1 aliphatic heterocycles. The lowest BCUT2D eigenvalue weighted by Crippen LogP contribution is -2.54. The van der Waals surface area contributed by atoms with E-state index in [1.807, 2.05) is 37.3 Å². The maximum Gasteiger partial charge on any atom is 0.490 e. The van der Waals surface area contributed by atoms with Gasteiger partial charge in [-0.3, -0.25) is 4.79 Å². The molecule has 1 saturated heterocycles. The van der Waals surface area contributed by atoms with E-state index in [4.69, 9.17) is 25.1 Å². The fraction of sp³-hybridized carbons (Fsp3) is 0.591. The summed E-state index contributed by atoms with van der Waals surface area (Å²) in [6, 6.07) is 9.31. The molecule has 9 nitrogen and oxygen atoms in total. The highest BCUT2D eigenvalue weighted by atomic mass is 19.4. The maximum atomic E-state index is 12.5. The van der Waals surface area contributed by atoms with Crippen LogP contribution in [0.25, 0.3) is 0 Å². The van der Waals surface area contributed by atoms with E-state index >= 15 is 0 Å². The number of rotatable bonds is 9. The van der Waals surface area contributed by atoms with Crippen LogP contribution in [0.1, 0.15) is 31.7 Å². The Morgan fingerprint density at radius 3 is 2.15 bits per heavy atom. The summed E-state index contributed by atoms with van der Waals surface area (Å²) in [6.45, 7) is 5.38. The second-order valence-electron chi connectivity index (χ2n) is 7.52. The number of aliphatic carboxylic acids is 1. The van der Waals surface area contributed by atoms with Gasteiger partial charge in [-0.15, -0.1) is 0 Å². The third-order valence-corrected chi connectivity index (χ3v) is 4.82. The van der Waals surface area contributed by atoms with Crippen molar-refractivity contribution in [3.63, 3.8) is 0 Å². The summed E-state index contributed by atoms with van der Waals surface area (Å²) >= 11 is 0. The molecule has 1 aliphatic rings. The third kappa shape index (κ3) is 11.3. The summed E-state index contributed by atoms with van der Waals surface area (Å²) in [5.41, 5.74) is 7.12. The number of carbonyl (C=O) groups excluding carboxylic acids is 2. The molecule has 0 saturated carbocycles. The molecular weight excluding hydrogens is 459 g/mol. The topological polar surface area (TPSA) is 122 Å². The average molecular weight is 492 g/mol. The highest BCUT2D eigenvalue weighted by molar-refractivity contribution is 5.82. The SMILES string of the molecule is CCCCOC(=O)N1CCN(C(=O)[C@@H](N)CCOCc2ccccc2)CC1.O=C(O)C(F)(F)F. The van der Waals surface area contributed by atoms with Crippen LogP contribution in [0.2, 0.25) is 0 Å². The number of carbonyl (C=O) groups is 3. The number of amides is 2. The van der Waals surface area contributed by atoms with Gasteiger partial charge in [-0.2, -0.15) is 13.2 Å². The van der Waals surface area contributed by atoms with Gasteiger partial charge in [0.15, 0.2) is 0 Å². The Morgan fingerprint density at radius 1 is 1.06 bits per heavy atom. The molecule has 2 amide bonds. The van der Waals surface area contributed by atoms with Crippen molar-refractivity contribution >= 4 is 18.0 Å². The number of alkyl halides is 3. The van der Waals surface area contributed by atoms with E-state index in [2.05, 4.69) is 0 Å². The van der Waals surface area contributed by atoms with Crippen molar-refractivity contribution in [2.24, 2.45) is 5.73 Å². The number of halogens is 3. The Balaban J connectivity index is 0.000000718. The minimum atomic E-state index is -5.08. The van der Waals surface area contributed by atoms with Gasteiger partial charge in [0, 0.05) is 32.8 Å². The molecule has 12 heteroatoms. The second kappa shape index (κ2) is 15.1. The van der Waals surface area contributed by atoms with Crippen LogP contribution in [-0.4, -0.2) is 84.5 Å². The quantitative estimate of drug-likeness (QED) is 0.509. The highest BCUT2D eigenvalue weighted by Gasteiger charge is 2.38. The van der Waals surface area contributed by atoms with Gasteiger partial charge >= 0.3 is 18.2 Å². The minimum Gasteiger partial charge on any atom is -0.475 e. The molecule has 1 aromatic carbocycles. The lowest BCUT2D eigenvalue weighted by molar-refractivity contribution is -0.192. The molecule has 1 fully saturated rings. The fourth-order valence-corrected chi connectivity index (χ4v) is 2.84. The van der Waals surface area contributed by atoms with Crippen LogP contribution in [0, 0.1) is 0 Å². The van der Waals surface area contributed by atoms with Crippen molar-refractivity contribution < 1.29 is 42.1 Å². The van der Waals surface area contributed by atoms with E-state index < -0.39 is 18.2 Å². The zero-order valence-corrected chi connectivity index (χ0v) is 19.1. The van der Waals surface area contributed by atoms with E-state index in [1.165, 1.54) is 0 Å². The summed E-state index contributed by atoms with van der Waals surface area (Å²) in [4.78, 5) is 36.7. The molecule has 34 heavy (non-hydrogen) atoms. The van der Waals surface area contributed by atoms with Crippen LogP contribution in [-0.2, 0) is 25.7 Å². The number of hydrogen-bond acceptors (Lipinski definition) is 6. The summed E-state index contributed by atoms with van der Waals surface area (Å²) in [6.07, 6.45) is -3.05. The first-order valence-electron chi connectivity index (χ1n) is 10.9. The Hall–Kier alpha value is -2.86. The molecule has 0 bridgehead atoms. The van der Waals surface area contributed by atoms with Gasteiger partial charge in [0.25, 0.3) is 0 Å². The van der Waals surface area contributed by atoms with Crippen LogP contribution in [0.5, 0.6) is 0 Å². The maximum absolute atomic E-state index is 12.5. The third-order valence-electron chi connectivity index (χ3n) is 4.82. The largest absolute Gasteiger partial charge is 0.490 e. The first kappa shape index (κ1) is 29.2. The molecule has 0 spiro atoms. The van der Waals surface area contributed by atoms with Crippen molar-refractivity contribution in [2.75, 3.05) is 39.4 Å². The van der Waals surface area contributed by atoms with Gasteiger partial charge in [-0.1, -0.05) is 43.7 Å². The van der Waals surface area contributed by atoms with E-state index in [-0.39, 0.29) is 12.0 Å². The number of nitrogens with zero attached hydrogens (tertiary/aromatic N) is 2. The van der Waals surface area contributed by atoms with E-state index in [0.717, 1.165) is 18.4 Å². The monoisotopic (exact) mass is 491 g/mol. The normalized spacial score (nSPS) is 14.6. The van der Waals surface area contributed by atoms with Crippen LogP contribution in [0.4, 0.5) is 18.0 Å². The number of piperazine rings is 1. The number of benzene rings is 1. The fourth-order valence-electron chi connectivity index (χ4n) is 2.84. The Bertz CT molecular complexity index is 756. The molecule has 3 N–H and O–H groups in total. The van der Waals surface area contributed by atoms with Crippen LogP contribution in [0.3, 0.4) is 0 Å². The van der Waals surface area contributed by atoms with E-state index in [0.29, 0.717) is 52.4 Å². The van der Waals surface area contributed by atoms with Gasteiger partial charge < -0.3 is 30.1 Å². The van der Waals surface area contributed by atoms with Crippen molar-refractivity contribution in [3.8, 4) is 0 Å². The molecule has 0 aromatic heterocycles. The first-order chi connectivity index (χ1) is 16.1. The summed E-state index contributed by atoms with van der Waals surface area (Å²) in [5.74, 6) is -2.84. The molecule has 1 atom stereocenters. The first-order valence-corrected chi connectivity index (χ1v) is 10.9. The predicted octanol–water partition coefficient (Wildman–Crippen LogP) is 2.63. The second-order valence-corrected chi connectivity index (χ2v) is 7.52. The van der Waals surface area contributed by atoms with Crippen molar-refractivity contribution in [2.45, 2.75) is 45.0 Å². The lowest BCUT2D eigenvalue weighted by atomic mass is 10.2.